The topological polar surface area (TPSA) is 0 Å². The van der Waals surface area contributed by atoms with Crippen LogP contribution < -0.4 is 0 Å². The summed E-state index contributed by atoms with van der Waals surface area (Å²) >= 11 is 0. The molecule has 1 heteroatoms. The fraction of sp³-hybridized carbons (Fsp3) is 1.00. The third kappa shape index (κ3) is 8.20. The molecular formula is C16H36P+. The van der Waals surface area contributed by atoms with E-state index in [1.54, 1.807) is 0 Å². The van der Waals surface area contributed by atoms with Crippen LogP contribution in [0.15, 0.2) is 0 Å². The molecule has 0 aromatic carbocycles. The second kappa shape index (κ2) is 11.5. The van der Waals surface area contributed by atoms with E-state index in [0.717, 1.165) is 6.42 Å². The molecule has 0 aromatic heterocycles. The van der Waals surface area contributed by atoms with Crippen LogP contribution in [0.2, 0.25) is 0 Å². The summed E-state index contributed by atoms with van der Waals surface area (Å²) in [5.41, 5.74) is 0. The van der Waals surface area contributed by atoms with Gasteiger partial charge in [-0.1, -0.05) is 53.4 Å². The summed E-state index contributed by atoms with van der Waals surface area (Å²) < 4.78 is 8.66. The quantitative estimate of drug-likeness (QED) is 0.366. The van der Waals surface area contributed by atoms with Crippen LogP contribution in [0.4, 0.5) is 0 Å². The maximum atomic E-state index is 8.66. The Labute approximate surface area is 113 Å². The van der Waals surface area contributed by atoms with E-state index in [-0.39, 0.29) is 6.14 Å². The third-order valence-electron chi connectivity index (χ3n) is 3.68. The highest BCUT2D eigenvalue weighted by Crippen LogP contribution is 2.61. The largest absolute Gasteiger partial charge is 0.0708 e. The Balaban J connectivity index is 4.72. The van der Waals surface area contributed by atoms with Gasteiger partial charge in [0.05, 0.1) is 26.0 Å². The van der Waals surface area contributed by atoms with Gasteiger partial charge in [-0.25, -0.2) is 0 Å². The molecule has 0 heterocycles. The van der Waals surface area contributed by atoms with Gasteiger partial charge in [0.2, 0.25) is 0 Å². The van der Waals surface area contributed by atoms with Crippen molar-refractivity contribution in [1.29, 1.82) is 0 Å². The normalized spacial score (nSPS) is 14.7. The highest BCUT2D eigenvalue weighted by Gasteiger charge is 2.34. The van der Waals surface area contributed by atoms with Crippen molar-refractivity contribution in [2.75, 3.05) is 24.6 Å². The Kier molecular flexibility index (Phi) is 10.5. The number of hydrogen-bond donors (Lipinski definition) is 0. The van der Waals surface area contributed by atoms with Gasteiger partial charge in [0.1, 0.15) is 0 Å². The van der Waals surface area contributed by atoms with E-state index in [2.05, 4.69) is 27.7 Å². The Morgan fingerprint density at radius 1 is 0.647 bits per heavy atom. The molecule has 17 heavy (non-hydrogen) atoms. The lowest BCUT2D eigenvalue weighted by Crippen LogP contribution is -2.12. The number of rotatable bonds is 12. The van der Waals surface area contributed by atoms with Crippen LogP contribution in [-0.2, 0) is 0 Å². The van der Waals surface area contributed by atoms with Crippen molar-refractivity contribution in [1.82, 2.24) is 0 Å². The van der Waals surface area contributed by atoms with E-state index in [0.29, 0.717) is 0 Å². The Bertz CT molecular complexity index is 160. The zero-order valence-corrected chi connectivity index (χ0v) is 13.7. The lowest BCUT2D eigenvalue weighted by molar-refractivity contribution is 0.814. The van der Waals surface area contributed by atoms with E-state index < -0.39 is 7.26 Å². The summed E-state index contributed by atoms with van der Waals surface area (Å²) in [5, 5.41) is 0. The molecule has 0 amide bonds. The minimum atomic E-state index is -0.987. The molecule has 0 nitrogen and oxygen atoms in total. The molecule has 0 aliphatic rings. The molecule has 0 N–H and O–H groups in total. The zero-order chi connectivity index (χ0) is 13.9. The predicted molar refractivity (Wildman–Crippen MR) is 86.0 cm³/mol. The van der Waals surface area contributed by atoms with Crippen molar-refractivity contribution in [2.24, 2.45) is 0 Å². The van der Waals surface area contributed by atoms with Crippen LogP contribution in [0, 0.1) is 0 Å². The van der Waals surface area contributed by atoms with Crippen molar-refractivity contribution < 1.29 is 1.37 Å². The minimum absolute atomic E-state index is 0.284. The lowest BCUT2D eigenvalue weighted by Gasteiger charge is -2.28. The van der Waals surface area contributed by atoms with Crippen molar-refractivity contribution in [3.8, 4) is 0 Å². The highest BCUT2D eigenvalue weighted by atomic mass is 31.2. The average molecular weight is 260 g/mol. The third-order valence-corrected chi connectivity index (χ3v) is 8.33. The lowest BCUT2D eigenvalue weighted by atomic mass is 10.4. The van der Waals surface area contributed by atoms with E-state index >= 15 is 0 Å². The van der Waals surface area contributed by atoms with E-state index in [1.807, 2.05) is 0 Å². The summed E-state index contributed by atoms with van der Waals surface area (Å²) in [6.07, 6.45) is 14.8. The van der Waals surface area contributed by atoms with Gasteiger partial charge in [-0.3, -0.25) is 0 Å². The van der Waals surface area contributed by atoms with Crippen LogP contribution in [0.25, 0.3) is 0 Å². The molecule has 0 aliphatic carbocycles. The standard InChI is InChI=1S/C16H36P/c1-5-9-13-17(14-10-6-2,15-11-7-3)16-12-8-4/h5-16H2,1-4H3/q+1/i13D. The summed E-state index contributed by atoms with van der Waals surface area (Å²) in [7, 11) is -0.987. The monoisotopic (exact) mass is 260 g/mol. The van der Waals surface area contributed by atoms with Gasteiger partial charge in [-0.05, 0) is 25.7 Å². The first-order valence-corrected chi connectivity index (χ1v) is 10.4. The molecule has 0 saturated carbocycles. The van der Waals surface area contributed by atoms with Crippen molar-refractivity contribution in [2.45, 2.75) is 79.1 Å². The van der Waals surface area contributed by atoms with E-state index in [1.165, 1.54) is 63.4 Å². The van der Waals surface area contributed by atoms with Gasteiger partial charge in [0.15, 0.2) is 0 Å². The Morgan fingerprint density at radius 3 is 1.29 bits per heavy atom. The fourth-order valence-corrected chi connectivity index (χ4v) is 7.29. The Hall–Kier alpha value is 0.430. The highest BCUT2D eigenvalue weighted by molar-refractivity contribution is 7.75. The second-order valence-electron chi connectivity index (χ2n) is 5.42. The van der Waals surface area contributed by atoms with Gasteiger partial charge in [-0.2, -0.15) is 0 Å². The minimum Gasteiger partial charge on any atom is -0.0652 e. The molecule has 0 rings (SSSR count). The van der Waals surface area contributed by atoms with E-state index in [4.69, 9.17) is 1.37 Å². The molecule has 0 fully saturated rings. The van der Waals surface area contributed by atoms with Crippen LogP contribution in [-0.4, -0.2) is 24.6 Å². The van der Waals surface area contributed by atoms with Crippen LogP contribution in [0.1, 0.15) is 80.4 Å². The molecule has 0 saturated heterocycles. The maximum Gasteiger partial charge on any atom is 0.0708 e. The summed E-state index contributed by atoms with van der Waals surface area (Å²) in [4.78, 5) is 0. The first kappa shape index (κ1) is 15.5. The van der Waals surface area contributed by atoms with Crippen LogP contribution >= 0.6 is 7.26 Å². The van der Waals surface area contributed by atoms with Gasteiger partial charge in [0, 0.05) is 7.26 Å². The van der Waals surface area contributed by atoms with Gasteiger partial charge in [0.25, 0.3) is 0 Å². The molecule has 0 aliphatic heterocycles. The van der Waals surface area contributed by atoms with Crippen LogP contribution in [0.5, 0.6) is 0 Å². The van der Waals surface area contributed by atoms with E-state index in [9.17, 15) is 0 Å². The average Bonchev–Trinajstić information content (AvgIpc) is 2.38. The van der Waals surface area contributed by atoms with Gasteiger partial charge in [-0.15, -0.1) is 0 Å². The molecule has 104 valence electrons. The maximum absolute atomic E-state index is 8.66. The molecule has 0 radical (unpaired) electrons. The molecule has 1 unspecified atom stereocenters. The molecule has 0 spiro atoms. The van der Waals surface area contributed by atoms with Crippen molar-refractivity contribution in [3.63, 3.8) is 0 Å². The molecule has 0 bridgehead atoms. The summed E-state index contributed by atoms with van der Waals surface area (Å²) in [6.45, 7) is 9.14. The smallest absolute Gasteiger partial charge is 0.0652 e. The fourth-order valence-electron chi connectivity index (χ4n) is 2.43. The molecular weight excluding hydrogens is 223 g/mol. The van der Waals surface area contributed by atoms with Gasteiger partial charge < -0.3 is 0 Å². The number of unbranched alkanes of at least 4 members (excludes halogenated alkanes) is 3. The zero-order valence-electron chi connectivity index (χ0n) is 13.8. The van der Waals surface area contributed by atoms with Crippen LogP contribution in [0.3, 0.4) is 0 Å². The summed E-state index contributed by atoms with van der Waals surface area (Å²) in [5.74, 6) is 0. The number of hydrogen-bond acceptors (Lipinski definition) is 0. The predicted octanol–water partition coefficient (Wildman–Crippen LogP) is 6.20. The first-order chi connectivity index (χ1) is 8.66. The second-order valence-corrected chi connectivity index (χ2v) is 9.57. The SMILES string of the molecule is [2H]C(CCC)[P+](CCCC)(CCCC)CCCC. The van der Waals surface area contributed by atoms with Crippen molar-refractivity contribution >= 4 is 7.26 Å². The molecule has 0 aromatic rings. The van der Waals surface area contributed by atoms with Gasteiger partial charge >= 0.3 is 0 Å². The first-order valence-electron chi connectivity index (χ1n) is 8.52. The molecule has 1 atom stereocenters. The Morgan fingerprint density at radius 2 is 1.00 bits per heavy atom. The van der Waals surface area contributed by atoms with Crippen molar-refractivity contribution in [3.05, 3.63) is 0 Å². The summed E-state index contributed by atoms with van der Waals surface area (Å²) in [6, 6.07) is 0.